The minimum atomic E-state index is -2.07. The summed E-state index contributed by atoms with van der Waals surface area (Å²) in [6.45, 7) is 0.662. The fourth-order valence-corrected chi connectivity index (χ4v) is 8.63. The van der Waals surface area contributed by atoms with Crippen molar-refractivity contribution in [1.29, 1.82) is 0 Å². The van der Waals surface area contributed by atoms with Gasteiger partial charge in [-0.1, -0.05) is 97.1 Å². The Morgan fingerprint density at radius 2 is 1.02 bits per heavy atom. The zero-order valence-electron chi connectivity index (χ0n) is 32.0. The molecular weight excluding hydrogens is 755 g/mol. The van der Waals surface area contributed by atoms with Crippen LogP contribution in [0, 0.1) is 0 Å². The number of benzene rings is 4. The molecule has 3 heterocycles. The van der Waals surface area contributed by atoms with Gasteiger partial charge in [-0.05, 0) is 60.1 Å². The van der Waals surface area contributed by atoms with Gasteiger partial charge in [0.1, 0.15) is 0 Å². The SMILES string of the molecule is NC(=O)C(CC(=O)O)(C(=O)N1CCC[C@H]1c1ccc(-c2ncc(-c3ccc([C@@H]4CCCN4C(=O)[C@@](CC(=O)O)(C(N)=O)c4ccccc4)cc3)o2)cc1)c1ccccc1. The zero-order valence-corrected chi connectivity index (χ0v) is 32.0. The van der Waals surface area contributed by atoms with Gasteiger partial charge in [0.05, 0.1) is 31.1 Å². The Bertz CT molecular complexity index is 2220. The molecule has 7 rings (SSSR count). The van der Waals surface area contributed by atoms with Gasteiger partial charge >= 0.3 is 11.9 Å². The Balaban J connectivity index is 1.08. The van der Waals surface area contributed by atoms with Crippen LogP contribution in [0.15, 0.2) is 120 Å². The summed E-state index contributed by atoms with van der Waals surface area (Å²) in [6.07, 6.45) is 2.57. The van der Waals surface area contributed by atoms with Crippen LogP contribution in [0.1, 0.15) is 72.9 Å². The Morgan fingerprint density at radius 3 is 1.41 bits per heavy atom. The van der Waals surface area contributed by atoms with Gasteiger partial charge in [0.25, 0.3) is 0 Å². The van der Waals surface area contributed by atoms with Gasteiger partial charge in [-0.15, -0.1) is 0 Å². The third-order valence-electron chi connectivity index (χ3n) is 11.6. The number of nitrogens with zero attached hydrogens (tertiary/aromatic N) is 3. The minimum absolute atomic E-state index is 0.230. The fourth-order valence-electron chi connectivity index (χ4n) is 8.63. The van der Waals surface area contributed by atoms with Crippen molar-refractivity contribution in [3.8, 4) is 22.8 Å². The van der Waals surface area contributed by atoms with Crippen molar-refractivity contribution >= 4 is 35.6 Å². The number of amides is 4. The van der Waals surface area contributed by atoms with Crippen LogP contribution >= 0.6 is 0 Å². The number of rotatable bonds is 14. The van der Waals surface area contributed by atoms with Crippen LogP contribution < -0.4 is 11.5 Å². The van der Waals surface area contributed by atoms with Crippen LogP contribution in [0.2, 0.25) is 0 Å². The van der Waals surface area contributed by atoms with Crippen LogP contribution in [0.25, 0.3) is 22.8 Å². The largest absolute Gasteiger partial charge is 0.481 e. The molecule has 4 aromatic carbocycles. The average Bonchev–Trinajstić information content (AvgIpc) is 4.04. The summed E-state index contributed by atoms with van der Waals surface area (Å²) in [4.78, 5) is 86.1. The molecular formula is C45H43N5O9. The molecule has 6 N–H and O–H groups in total. The van der Waals surface area contributed by atoms with Gasteiger partial charge in [0.15, 0.2) is 16.6 Å². The van der Waals surface area contributed by atoms with E-state index in [0.29, 0.717) is 56.0 Å². The van der Waals surface area contributed by atoms with Crippen molar-refractivity contribution in [3.05, 3.63) is 138 Å². The number of hydrogen-bond donors (Lipinski definition) is 4. The molecule has 14 nitrogen and oxygen atoms in total. The van der Waals surface area contributed by atoms with Crippen molar-refractivity contribution in [3.63, 3.8) is 0 Å². The number of carbonyl (C=O) groups is 6. The topological polar surface area (TPSA) is 227 Å². The van der Waals surface area contributed by atoms with E-state index < -0.39 is 71.3 Å². The number of carboxylic acids is 2. The first kappa shape index (κ1) is 40.1. The second kappa shape index (κ2) is 16.4. The second-order valence-electron chi connectivity index (χ2n) is 15.0. The van der Waals surface area contributed by atoms with E-state index in [9.17, 15) is 39.0 Å². The molecule has 4 amide bonds. The monoisotopic (exact) mass is 797 g/mol. The smallest absolute Gasteiger partial charge is 0.305 e. The molecule has 0 saturated carbocycles. The van der Waals surface area contributed by atoms with E-state index in [1.165, 1.54) is 0 Å². The summed E-state index contributed by atoms with van der Waals surface area (Å²) >= 11 is 0. The first-order chi connectivity index (χ1) is 28.4. The van der Waals surface area contributed by atoms with Gasteiger partial charge in [-0.25, -0.2) is 4.98 Å². The molecule has 2 saturated heterocycles. The summed E-state index contributed by atoms with van der Waals surface area (Å²) in [5.74, 6) is -5.14. The van der Waals surface area contributed by atoms with Gasteiger partial charge in [0.2, 0.25) is 29.5 Å². The Kier molecular flexibility index (Phi) is 11.2. The summed E-state index contributed by atoms with van der Waals surface area (Å²) in [7, 11) is 0. The minimum Gasteiger partial charge on any atom is -0.481 e. The number of primary amides is 2. The molecule has 0 spiro atoms. The standard InChI is InChI=1S/C45H43N5O9/c46-40(55)44(25-37(51)52,32-9-3-1-4-10-32)42(57)49-23-7-13-34(49)28-15-19-30(20-16-28)36-27-48-39(59-36)31-21-17-29(18-22-31)35-14-8-24-50(35)43(58)45(41(47)56,26-38(53)54)33-11-5-2-6-12-33/h1-6,9-12,15-22,27,34-35H,7-8,13-14,23-26H2,(H2,46,55)(H2,47,56)(H,51,52)(H,53,54)/t34-,35-,44+,45?/m0/s1. The summed E-state index contributed by atoms with van der Waals surface area (Å²) < 4.78 is 6.17. The molecule has 0 aliphatic carbocycles. The number of likely N-dealkylation sites (tertiary alicyclic amines) is 2. The first-order valence-electron chi connectivity index (χ1n) is 19.3. The average molecular weight is 798 g/mol. The Hall–Kier alpha value is -7.09. The maximum absolute atomic E-state index is 14.2. The highest BCUT2D eigenvalue weighted by molar-refractivity contribution is 6.13. The van der Waals surface area contributed by atoms with Crippen molar-refractivity contribution < 1.29 is 43.4 Å². The van der Waals surface area contributed by atoms with E-state index in [2.05, 4.69) is 4.98 Å². The van der Waals surface area contributed by atoms with Gasteiger partial charge in [-0.3, -0.25) is 28.8 Å². The number of nitrogens with two attached hydrogens (primary N) is 2. The number of aliphatic carboxylic acids is 2. The summed E-state index contributed by atoms with van der Waals surface area (Å²) in [5, 5.41) is 19.6. The van der Waals surface area contributed by atoms with E-state index in [1.54, 1.807) is 76.7 Å². The molecule has 1 aromatic heterocycles. The van der Waals surface area contributed by atoms with Crippen molar-refractivity contribution in [1.82, 2.24) is 14.8 Å². The van der Waals surface area contributed by atoms with Crippen molar-refractivity contribution in [2.24, 2.45) is 11.5 Å². The third-order valence-corrected chi connectivity index (χ3v) is 11.6. The number of aromatic nitrogens is 1. The lowest BCUT2D eigenvalue weighted by Crippen LogP contribution is -2.55. The second-order valence-corrected chi connectivity index (χ2v) is 15.0. The van der Waals surface area contributed by atoms with Crippen LogP contribution in [-0.2, 0) is 39.6 Å². The highest BCUT2D eigenvalue weighted by Gasteiger charge is 2.53. The van der Waals surface area contributed by atoms with Crippen molar-refractivity contribution in [2.45, 2.75) is 61.4 Å². The third kappa shape index (κ3) is 7.44. The molecule has 0 radical (unpaired) electrons. The number of carboxylic acid groups (broad SMARTS) is 2. The molecule has 4 atom stereocenters. The van der Waals surface area contributed by atoms with Crippen LogP contribution in [0.3, 0.4) is 0 Å². The van der Waals surface area contributed by atoms with E-state index in [1.807, 2.05) is 48.5 Å². The number of carbonyl (C=O) groups excluding carboxylic acids is 4. The molecule has 14 heteroatoms. The number of hydrogen-bond acceptors (Lipinski definition) is 8. The van der Waals surface area contributed by atoms with E-state index in [-0.39, 0.29) is 11.1 Å². The number of oxazole rings is 1. The highest BCUT2D eigenvalue weighted by Crippen LogP contribution is 2.41. The summed E-state index contributed by atoms with van der Waals surface area (Å²) in [5.41, 5.74) is 11.0. The first-order valence-corrected chi connectivity index (χ1v) is 19.3. The molecule has 59 heavy (non-hydrogen) atoms. The molecule has 1 unspecified atom stereocenters. The van der Waals surface area contributed by atoms with E-state index >= 15 is 0 Å². The lowest BCUT2D eigenvalue weighted by Gasteiger charge is -2.35. The maximum atomic E-state index is 14.2. The maximum Gasteiger partial charge on any atom is 0.305 e. The molecule has 302 valence electrons. The lowest BCUT2D eigenvalue weighted by molar-refractivity contribution is -0.151. The highest BCUT2D eigenvalue weighted by atomic mass is 16.4. The van der Waals surface area contributed by atoms with Crippen LogP contribution in [0.5, 0.6) is 0 Å². The Labute approximate surface area is 339 Å². The predicted octanol–water partition coefficient (Wildman–Crippen LogP) is 5.13. The quantitative estimate of drug-likeness (QED) is 0.108. The van der Waals surface area contributed by atoms with E-state index in [0.717, 1.165) is 16.7 Å². The van der Waals surface area contributed by atoms with Gasteiger partial charge < -0.3 is 35.9 Å². The summed E-state index contributed by atoms with van der Waals surface area (Å²) in [6, 6.07) is 30.1. The van der Waals surface area contributed by atoms with Crippen LogP contribution in [0.4, 0.5) is 0 Å². The lowest BCUT2D eigenvalue weighted by atomic mass is 9.75. The fraction of sp³-hybridized carbons (Fsp3) is 0.267. The Morgan fingerprint density at radius 1 is 0.610 bits per heavy atom. The normalized spacial score (nSPS) is 18.4. The zero-order chi connectivity index (χ0) is 41.9. The molecule has 2 fully saturated rings. The molecule has 5 aromatic rings. The van der Waals surface area contributed by atoms with Gasteiger partial charge in [-0.2, -0.15) is 0 Å². The molecule has 0 bridgehead atoms. The van der Waals surface area contributed by atoms with Crippen molar-refractivity contribution in [2.75, 3.05) is 13.1 Å². The van der Waals surface area contributed by atoms with Crippen LogP contribution in [-0.4, -0.2) is 73.7 Å². The molecule has 2 aliphatic heterocycles. The predicted molar refractivity (Wildman–Crippen MR) is 214 cm³/mol. The van der Waals surface area contributed by atoms with Gasteiger partial charge in [0, 0.05) is 24.2 Å². The van der Waals surface area contributed by atoms with E-state index in [4.69, 9.17) is 15.9 Å². The molecule has 2 aliphatic rings.